The summed E-state index contributed by atoms with van der Waals surface area (Å²) in [7, 11) is 2.10. The standard InChI is InChI=1S/C21H25F2N5O/c1-14(29)25-18-11-16-15(12-24-18)21(7-9-27(3)10-8-21)13-28(16)19-6-4-5-17(26-19)20(2,22)23/h4-6,11-12H,7-10,13H2,1-3H3,(H,24,25,29). The summed E-state index contributed by atoms with van der Waals surface area (Å²) < 4.78 is 27.7. The highest BCUT2D eigenvalue weighted by Crippen LogP contribution is 2.49. The molecule has 1 saturated heterocycles. The molecular formula is C21H25F2N5O. The van der Waals surface area contributed by atoms with E-state index in [1.54, 1.807) is 12.1 Å². The average Bonchev–Trinajstić information content (AvgIpc) is 2.97. The Hall–Kier alpha value is -2.61. The van der Waals surface area contributed by atoms with E-state index >= 15 is 0 Å². The van der Waals surface area contributed by atoms with Crippen LogP contribution in [0.15, 0.2) is 30.5 Å². The number of nitrogens with zero attached hydrogens (tertiary/aromatic N) is 4. The van der Waals surface area contributed by atoms with Gasteiger partial charge in [-0.15, -0.1) is 0 Å². The maximum atomic E-state index is 13.9. The topological polar surface area (TPSA) is 61.4 Å². The summed E-state index contributed by atoms with van der Waals surface area (Å²) in [4.78, 5) is 24.5. The summed E-state index contributed by atoms with van der Waals surface area (Å²) in [5.74, 6) is -2.28. The number of likely N-dealkylation sites (tertiary alicyclic amines) is 1. The number of halogens is 2. The summed E-state index contributed by atoms with van der Waals surface area (Å²) in [5.41, 5.74) is 1.61. The third-order valence-electron chi connectivity index (χ3n) is 5.91. The van der Waals surface area contributed by atoms with Gasteiger partial charge in [0, 0.05) is 43.6 Å². The first kappa shape index (κ1) is 19.7. The van der Waals surface area contributed by atoms with Gasteiger partial charge in [-0.05, 0) is 45.1 Å². The molecule has 1 spiro atoms. The fourth-order valence-electron chi connectivity index (χ4n) is 4.29. The number of hydrogen-bond donors (Lipinski definition) is 1. The number of fused-ring (bicyclic) bond motifs is 2. The van der Waals surface area contributed by atoms with Gasteiger partial charge in [0.15, 0.2) is 0 Å². The van der Waals surface area contributed by atoms with E-state index in [9.17, 15) is 13.6 Å². The third-order valence-corrected chi connectivity index (χ3v) is 5.91. The van der Waals surface area contributed by atoms with Gasteiger partial charge in [-0.3, -0.25) is 4.79 Å². The van der Waals surface area contributed by atoms with Crippen LogP contribution in [-0.2, 0) is 16.1 Å². The molecule has 0 aliphatic carbocycles. The first-order valence-electron chi connectivity index (χ1n) is 9.77. The molecule has 0 unspecified atom stereocenters. The third kappa shape index (κ3) is 3.69. The molecule has 4 rings (SSSR count). The Labute approximate surface area is 168 Å². The van der Waals surface area contributed by atoms with Crippen molar-refractivity contribution in [2.24, 2.45) is 0 Å². The molecule has 1 fully saturated rings. The largest absolute Gasteiger partial charge is 0.325 e. The summed E-state index contributed by atoms with van der Waals surface area (Å²) in [6, 6.07) is 6.54. The molecule has 0 saturated carbocycles. The second kappa shape index (κ2) is 7.02. The summed E-state index contributed by atoms with van der Waals surface area (Å²) in [5, 5.41) is 2.72. The zero-order chi connectivity index (χ0) is 20.8. The molecule has 2 aromatic heterocycles. The average molecular weight is 401 g/mol. The predicted octanol–water partition coefficient (Wildman–Crippen LogP) is 3.66. The molecule has 0 aromatic carbocycles. The zero-order valence-corrected chi connectivity index (χ0v) is 16.9. The van der Waals surface area contributed by atoms with Crippen LogP contribution in [0.2, 0.25) is 0 Å². The molecule has 0 atom stereocenters. The highest BCUT2D eigenvalue weighted by Gasteiger charge is 2.45. The zero-order valence-electron chi connectivity index (χ0n) is 16.9. The minimum Gasteiger partial charge on any atom is -0.325 e. The molecule has 2 aliphatic heterocycles. The number of amides is 1. The number of anilines is 3. The molecule has 6 nitrogen and oxygen atoms in total. The molecule has 29 heavy (non-hydrogen) atoms. The second-order valence-corrected chi connectivity index (χ2v) is 8.21. The van der Waals surface area contributed by atoms with E-state index < -0.39 is 5.92 Å². The highest BCUT2D eigenvalue weighted by atomic mass is 19.3. The van der Waals surface area contributed by atoms with Crippen molar-refractivity contribution in [2.45, 2.75) is 38.0 Å². The molecule has 1 N–H and O–H groups in total. The van der Waals surface area contributed by atoms with Crippen LogP contribution in [-0.4, -0.2) is 47.5 Å². The summed E-state index contributed by atoms with van der Waals surface area (Å²) in [6.45, 7) is 4.86. The number of pyridine rings is 2. The number of aromatic nitrogens is 2. The number of piperidine rings is 1. The van der Waals surface area contributed by atoms with E-state index in [0.717, 1.165) is 44.1 Å². The number of nitrogens with one attached hydrogen (secondary N) is 1. The molecule has 1 amide bonds. The first-order chi connectivity index (χ1) is 13.7. The number of rotatable bonds is 3. The summed E-state index contributed by atoms with van der Waals surface area (Å²) >= 11 is 0. The van der Waals surface area contributed by atoms with Crippen molar-refractivity contribution in [1.29, 1.82) is 0 Å². The van der Waals surface area contributed by atoms with Gasteiger partial charge in [0.05, 0.1) is 5.69 Å². The van der Waals surface area contributed by atoms with Crippen molar-refractivity contribution in [1.82, 2.24) is 14.9 Å². The quantitative estimate of drug-likeness (QED) is 0.851. The van der Waals surface area contributed by atoms with E-state index in [-0.39, 0.29) is 17.0 Å². The summed E-state index contributed by atoms with van der Waals surface area (Å²) in [6.07, 6.45) is 3.74. The van der Waals surface area contributed by atoms with Gasteiger partial charge in [0.1, 0.15) is 17.3 Å². The molecule has 0 bridgehead atoms. The van der Waals surface area contributed by atoms with Crippen LogP contribution in [0, 0.1) is 0 Å². The molecule has 4 heterocycles. The Bertz CT molecular complexity index is 935. The lowest BCUT2D eigenvalue weighted by molar-refractivity contribution is -0.114. The number of alkyl halides is 2. The van der Waals surface area contributed by atoms with Gasteiger partial charge < -0.3 is 15.1 Å². The van der Waals surface area contributed by atoms with E-state index in [0.29, 0.717) is 18.2 Å². The van der Waals surface area contributed by atoms with E-state index in [1.165, 1.54) is 13.0 Å². The van der Waals surface area contributed by atoms with Crippen LogP contribution in [0.4, 0.5) is 26.1 Å². The van der Waals surface area contributed by atoms with Gasteiger partial charge in [-0.25, -0.2) is 9.97 Å². The van der Waals surface area contributed by atoms with Crippen molar-refractivity contribution >= 4 is 23.2 Å². The van der Waals surface area contributed by atoms with Crippen LogP contribution in [0.1, 0.15) is 37.9 Å². The van der Waals surface area contributed by atoms with Gasteiger partial charge in [-0.2, -0.15) is 8.78 Å². The van der Waals surface area contributed by atoms with Crippen molar-refractivity contribution < 1.29 is 13.6 Å². The Morgan fingerprint density at radius 1 is 1.28 bits per heavy atom. The Morgan fingerprint density at radius 3 is 2.66 bits per heavy atom. The Morgan fingerprint density at radius 2 is 2.00 bits per heavy atom. The monoisotopic (exact) mass is 401 g/mol. The highest BCUT2D eigenvalue weighted by molar-refractivity contribution is 5.88. The van der Waals surface area contributed by atoms with Crippen LogP contribution >= 0.6 is 0 Å². The van der Waals surface area contributed by atoms with Crippen LogP contribution in [0.5, 0.6) is 0 Å². The maximum Gasteiger partial charge on any atom is 0.287 e. The maximum absolute atomic E-state index is 13.9. The second-order valence-electron chi connectivity index (χ2n) is 8.21. The minimum absolute atomic E-state index is 0.101. The normalized spacial score (nSPS) is 18.7. The number of carbonyl (C=O) groups excluding carboxylic acids is 1. The lowest BCUT2D eigenvalue weighted by Crippen LogP contribution is -2.43. The molecule has 154 valence electrons. The van der Waals surface area contributed by atoms with Gasteiger partial charge >= 0.3 is 0 Å². The van der Waals surface area contributed by atoms with Gasteiger partial charge in [-0.1, -0.05) is 6.07 Å². The Kier molecular flexibility index (Phi) is 4.77. The van der Waals surface area contributed by atoms with Crippen molar-refractivity contribution in [3.8, 4) is 0 Å². The first-order valence-corrected chi connectivity index (χ1v) is 9.77. The Balaban J connectivity index is 1.79. The van der Waals surface area contributed by atoms with Crippen molar-refractivity contribution in [3.63, 3.8) is 0 Å². The molecule has 2 aromatic rings. The van der Waals surface area contributed by atoms with E-state index in [2.05, 4.69) is 27.2 Å². The molecule has 8 heteroatoms. The predicted molar refractivity (Wildman–Crippen MR) is 108 cm³/mol. The lowest BCUT2D eigenvalue weighted by Gasteiger charge is -2.38. The molecule has 0 radical (unpaired) electrons. The van der Waals surface area contributed by atoms with Crippen molar-refractivity contribution in [3.05, 3.63) is 41.7 Å². The van der Waals surface area contributed by atoms with Crippen molar-refractivity contribution in [2.75, 3.05) is 36.9 Å². The smallest absolute Gasteiger partial charge is 0.287 e. The molecular weight excluding hydrogens is 376 g/mol. The number of hydrogen-bond acceptors (Lipinski definition) is 5. The van der Waals surface area contributed by atoms with Crippen LogP contribution in [0.3, 0.4) is 0 Å². The van der Waals surface area contributed by atoms with Gasteiger partial charge in [0.25, 0.3) is 5.92 Å². The lowest BCUT2D eigenvalue weighted by atomic mass is 9.75. The van der Waals surface area contributed by atoms with E-state index in [1.807, 2.05) is 17.2 Å². The van der Waals surface area contributed by atoms with Crippen LogP contribution in [0.25, 0.3) is 0 Å². The van der Waals surface area contributed by atoms with Gasteiger partial charge in [0.2, 0.25) is 5.91 Å². The fourth-order valence-corrected chi connectivity index (χ4v) is 4.29. The van der Waals surface area contributed by atoms with Crippen LogP contribution < -0.4 is 10.2 Å². The van der Waals surface area contributed by atoms with E-state index in [4.69, 9.17) is 0 Å². The SMILES string of the molecule is CC(=O)Nc1cc2c(cn1)C1(CCN(C)CC1)CN2c1cccc(C(C)(F)F)n1. The fraction of sp³-hybridized carbons (Fsp3) is 0.476. The number of carbonyl (C=O) groups is 1. The minimum atomic E-state index is -3.01. The molecule has 2 aliphatic rings.